The van der Waals surface area contributed by atoms with Crippen molar-refractivity contribution in [2.45, 2.75) is 38.6 Å². The number of halogens is 2. The molecule has 0 saturated heterocycles. The van der Waals surface area contributed by atoms with E-state index in [4.69, 9.17) is 23.2 Å². The van der Waals surface area contributed by atoms with Gasteiger partial charge in [-0.15, -0.1) is 5.10 Å². The summed E-state index contributed by atoms with van der Waals surface area (Å²) in [5, 5.41) is 12.9. The lowest BCUT2D eigenvalue weighted by Gasteiger charge is -2.32. The summed E-state index contributed by atoms with van der Waals surface area (Å²) in [6, 6.07) is 12.6. The van der Waals surface area contributed by atoms with Gasteiger partial charge in [-0.2, -0.15) is 0 Å². The number of amides is 2. The van der Waals surface area contributed by atoms with Gasteiger partial charge in [-0.25, -0.2) is 4.68 Å². The van der Waals surface area contributed by atoms with Gasteiger partial charge >= 0.3 is 0 Å². The van der Waals surface area contributed by atoms with E-state index in [1.807, 2.05) is 25.1 Å². The average molecular weight is 484 g/mol. The van der Waals surface area contributed by atoms with Crippen LogP contribution >= 0.6 is 23.2 Å². The highest BCUT2D eigenvalue weighted by Crippen LogP contribution is 2.52. The molecule has 170 valence electrons. The highest BCUT2D eigenvalue weighted by Gasteiger charge is 2.58. The quantitative estimate of drug-likeness (QED) is 0.576. The lowest BCUT2D eigenvalue weighted by atomic mass is 9.73. The smallest absolute Gasteiger partial charge is 0.244 e. The van der Waals surface area contributed by atoms with Crippen molar-refractivity contribution < 1.29 is 9.59 Å². The molecule has 2 atom stereocenters. The summed E-state index contributed by atoms with van der Waals surface area (Å²) in [5.74, 6) is 0.236. The van der Waals surface area contributed by atoms with E-state index in [9.17, 15) is 9.59 Å². The molecule has 33 heavy (non-hydrogen) atoms. The van der Waals surface area contributed by atoms with Crippen molar-refractivity contribution in [1.29, 1.82) is 0 Å². The number of fused-ring (bicyclic) bond motifs is 4. The number of anilines is 2. The molecule has 7 nitrogen and oxygen atoms in total. The Morgan fingerprint density at radius 3 is 2.45 bits per heavy atom. The summed E-state index contributed by atoms with van der Waals surface area (Å²) in [6.07, 6.45) is -0.0468. The third-order valence-corrected chi connectivity index (χ3v) is 6.86. The summed E-state index contributed by atoms with van der Waals surface area (Å²) >= 11 is 12.4. The van der Waals surface area contributed by atoms with Crippen LogP contribution in [-0.4, -0.2) is 33.4 Å². The zero-order valence-corrected chi connectivity index (χ0v) is 20.0. The molecule has 0 fully saturated rings. The van der Waals surface area contributed by atoms with Crippen molar-refractivity contribution in [3.8, 4) is 0 Å². The molecule has 1 spiro atoms. The Morgan fingerprint density at radius 2 is 1.76 bits per heavy atom. The topological polar surface area (TPSA) is 80.1 Å². The number of nitrogens with one attached hydrogen (secondary N) is 1. The van der Waals surface area contributed by atoms with Crippen LogP contribution in [0.4, 0.5) is 11.5 Å². The van der Waals surface area contributed by atoms with E-state index in [0.29, 0.717) is 33.7 Å². The molecule has 0 aliphatic carbocycles. The van der Waals surface area contributed by atoms with Gasteiger partial charge in [0.25, 0.3) is 0 Å². The van der Waals surface area contributed by atoms with Crippen LogP contribution < -0.4 is 10.2 Å². The van der Waals surface area contributed by atoms with Crippen LogP contribution in [0.5, 0.6) is 0 Å². The molecule has 0 saturated carbocycles. The molecule has 2 aliphatic rings. The van der Waals surface area contributed by atoms with Crippen molar-refractivity contribution >= 4 is 46.5 Å². The lowest BCUT2D eigenvalue weighted by Crippen LogP contribution is -2.47. The second-order valence-corrected chi connectivity index (χ2v) is 9.93. The standard InChI is InChI=1S/C24H23Cl2N5O2/c1-13(2)12-30-19-9-8-17(26)10-18(19)24(23(30)33)11-20(32)27-22-21(24)28-29-31(22)14(3)15-4-6-16(25)7-5-15/h4-10,13-14H,11-12H2,1-3H3,(H,27,32)/t14?,24-/m1/s1. The number of hydrogen-bond acceptors (Lipinski definition) is 4. The Morgan fingerprint density at radius 1 is 1.06 bits per heavy atom. The lowest BCUT2D eigenvalue weighted by molar-refractivity contribution is -0.126. The summed E-state index contributed by atoms with van der Waals surface area (Å²) in [5.41, 5.74) is 1.60. The van der Waals surface area contributed by atoms with Gasteiger partial charge in [-0.1, -0.05) is 54.4 Å². The van der Waals surface area contributed by atoms with Crippen molar-refractivity contribution in [3.63, 3.8) is 0 Å². The third-order valence-electron chi connectivity index (χ3n) is 6.37. The SMILES string of the molecule is CC(C)CN1C(=O)[C@]2(CC(=O)Nc3c2nnn3C(C)c2ccc(Cl)cc2)c2cc(Cl)ccc21. The van der Waals surface area contributed by atoms with Crippen molar-refractivity contribution in [2.75, 3.05) is 16.8 Å². The van der Waals surface area contributed by atoms with Crippen LogP contribution in [0.1, 0.15) is 50.1 Å². The second kappa shape index (κ2) is 7.85. The Kier molecular flexibility index (Phi) is 5.21. The van der Waals surface area contributed by atoms with E-state index < -0.39 is 5.41 Å². The third kappa shape index (κ3) is 3.33. The van der Waals surface area contributed by atoms with Crippen LogP contribution in [-0.2, 0) is 15.0 Å². The minimum atomic E-state index is -1.26. The molecular formula is C24H23Cl2N5O2. The van der Waals surface area contributed by atoms with Crippen LogP contribution in [0.2, 0.25) is 10.0 Å². The maximum absolute atomic E-state index is 14.0. The molecule has 0 bridgehead atoms. The minimum absolute atomic E-state index is 0.0468. The fourth-order valence-electron chi connectivity index (χ4n) is 4.84. The fourth-order valence-corrected chi connectivity index (χ4v) is 5.14. The van der Waals surface area contributed by atoms with E-state index in [1.165, 1.54) is 0 Å². The largest absolute Gasteiger partial charge is 0.311 e. The first-order valence-electron chi connectivity index (χ1n) is 10.9. The number of carbonyl (C=O) groups is 2. The Hall–Kier alpha value is -2.90. The number of carbonyl (C=O) groups excluding carboxylic acids is 2. The molecule has 2 amide bonds. The van der Waals surface area contributed by atoms with Crippen LogP contribution in [0, 0.1) is 5.92 Å². The molecular weight excluding hydrogens is 461 g/mol. The molecule has 1 unspecified atom stereocenters. The predicted molar refractivity (Wildman–Crippen MR) is 128 cm³/mol. The van der Waals surface area contributed by atoms with E-state index in [-0.39, 0.29) is 30.2 Å². The molecule has 3 heterocycles. The van der Waals surface area contributed by atoms with E-state index in [1.54, 1.807) is 33.8 Å². The summed E-state index contributed by atoms with van der Waals surface area (Å²) in [7, 11) is 0. The number of hydrogen-bond donors (Lipinski definition) is 1. The number of aromatic nitrogens is 3. The van der Waals surface area contributed by atoms with E-state index in [0.717, 1.165) is 11.3 Å². The monoisotopic (exact) mass is 483 g/mol. The summed E-state index contributed by atoms with van der Waals surface area (Å²) in [6.45, 7) is 6.59. The number of rotatable bonds is 4. The Labute approximate surface area is 201 Å². The van der Waals surface area contributed by atoms with Gasteiger partial charge in [0.15, 0.2) is 5.82 Å². The molecule has 2 aliphatic heterocycles. The van der Waals surface area contributed by atoms with Gasteiger partial charge < -0.3 is 10.2 Å². The van der Waals surface area contributed by atoms with Gasteiger partial charge in [0, 0.05) is 22.3 Å². The number of benzene rings is 2. The number of nitrogens with zero attached hydrogens (tertiary/aromatic N) is 4. The molecule has 0 radical (unpaired) electrons. The molecule has 9 heteroatoms. The van der Waals surface area contributed by atoms with Crippen LogP contribution in [0.25, 0.3) is 0 Å². The van der Waals surface area contributed by atoms with Gasteiger partial charge in [-0.05, 0) is 54.3 Å². The van der Waals surface area contributed by atoms with Crippen LogP contribution in [0.3, 0.4) is 0 Å². The Balaban J connectivity index is 1.69. The summed E-state index contributed by atoms with van der Waals surface area (Å²) in [4.78, 5) is 28.8. The van der Waals surface area contributed by atoms with E-state index in [2.05, 4.69) is 29.5 Å². The van der Waals surface area contributed by atoms with Crippen molar-refractivity contribution in [2.24, 2.45) is 5.92 Å². The minimum Gasteiger partial charge on any atom is -0.311 e. The highest BCUT2D eigenvalue weighted by molar-refractivity contribution is 6.31. The normalized spacial score (nSPS) is 20.2. The first-order chi connectivity index (χ1) is 15.7. The molecule has 2 aromatic carbocycles. The zero-order chi connectivity index (χ0) is 23.5. The highest BCUT2D eigenvalue weighted by atomic mass is 35.5. The van der Waals surface area contributed by atoms with Crippen molar-refractivity contribution in [1.82, 2.24) is 15.0 Å². The maximum Gasteiger partial charge on any atom is 0.244 e. The Bertz CT molecular complexity index is 1270. The molecule has 1 aromatic heterocycles. The second-order valence-electron chi connectivity index (χ2n) is 9.06. The first kappa shape index (κ1) is 21.9. The van der Waals surface area contributed by atoms with Gasteiger partial charge in [0.2, 0.25) is 11.8 Å². The van der Waals surface area contributed by atoms with Gasteiger partial charge in [-0.3, -0.25) is 9.59 Å². The molecule has 5 rings (SSSR count). The molecule has 1 N–H and O–H groups in total. The molecule has 3 aromatic rings. The van der Waals surface area contributed by atoms with Gasteiger partial charge in [0.05, 0.1) is 12.5 Å². The average Bonchev–Trinajstić information content (AvgIpc) is 3.28. The maximum atomic E-state index is 14.0. The zero-order valence-electron chi connectivity index (χ0n) is 18.5. The van der Waals surface area contributed by atoms with Crippen LogP contribution in [0.15, 0.2) is 42.5 Å². The predicted octanol–water partition coefficient (Wildman–Crippen LogP) is 4.83. The van der Waals surface area contributed by atoms with Crippen molar-refractivity contribution in [3.05, 3.63) is 69.3 Å². The first-order valence-corrected chi connectivity index (χ1v) is 11.6. The van der Waals surface area contributed by atoms with E-state index >= 15 is 0 Å². The fraction of sp³-hybridized carbons (Fsp3) is 0.333. The summed E-state index contributed by atoms with van der Waals surface area (Å²) < 4.78 is 1.65. The van der Waals surface area contributed by atoms with Gasteiger partial charge in [0.1, 0.15) is 11.1 Å².